The van der Waals surface area contributed by atoms with Gasteiger partial charge in [0, 0.05) is 12.6 Å². The molecular weight excluding hydrogens is 268 g/mol. The van der Waals surface area contributed by atoms with Gasteiger partial charge >= 0.3 is 0 Å². The van der Waals surface area contributed by atoms with Crippen molar-refractivity contribution in [2.24, 2.45) is 5.73 Å². The molecule has 0 spiro atoms. The molecular formula is C15H16N4S. The summed E-state index contributed by atoms with van der Waals surface area (Å²) in [7, 11) is 0. The molecule has 0 amide bonds. The molecule has 0 aliphatic carbocycles. The average molecular weight is 284 g/mol. The quantitative estimate of drug-likeness (QED) is 0.771. The first-order valence-electron chi connectivity index (χ1n) is 6.51. The summed E-state index contributed by atoms with van der Waals surface area (Å²) in [4.78, 5) is 8.60. The van der Waals surface area contributed by atoms with Gasteiger partial charge in [0.25, 0.3) is 0 Å². The maximum Gasteiger partial charge on any atom is 0.147 e. The summed E-state index contributed by atoms with van der Waals surface area (Å²) < 4.78 is 1.10. The minimum Gasteiger partial charge on any atom is -0.362 e. The molecule has 1 unspecified atom stereocenters. The van der Waals surface area contributed by atoms with E-state index in [1.807, 2.05) is 11.4 Å². The first-order chi connectivity index (χ1) is 9.78. The van der Waals surface area contributed by atoms with Gasteiger partial charge in [0.15, 0.2) is 0 Å². The fourth-order valence-electron chi connectivity index (χ4n) is 2.12. The standard InChI is InChI=1S/C15H16N4S/c1-10(12-4-2-11(8-16)3-5-12)19-15-14-13(6-7-20-14)17-9-18-15/h2-7,9-10H,8,16H2,1H3,(H,17,18,19). The third kappa shape index (κ3) is 2.50. The van der Waals surface area contributed by atoms with E-state index in [9.17, 15) is 0 Å². The van der Waals surface area contributed by atoms with Crippen LogP contribution in [-0.4, -0.2) is 9.97 Å². The molecule has 0 aliphatic rings. The SMILES string of the molecule is CC(Nc1ncnc2ccsc12)c1ccc(CN)cc1. The number of nitrogens with two attached hydrogens (primary N) is 1. The summed E-state index contributed by atoms with van der Waals surface area (Å²) in [6.45, 7) is 2.70. The molecule has 20 heavy (non-hydrogen) atoms. The number of nitrogens with one attached hydrogen (secondary N) is 1. The number of hydrogen-bond donors (Lipinski definition) is 2. The Labute approximate surface area is 121 Å². The molecule has 0 aliphatic heterocycles. The van der Waals surface area contributed by atoms with E-state index in [0.29, 0.717) is 6.54 Å². The van der Waals surface area contributed by atoms with Crippen LogP contribution in [0.15, 0.2) is 42.0 Å². The van der Waals surface area contributed by atoms with Gasteiger partial charge in [0.05, 0.1) is 10.2 Å². The van der Waals surface area contributed by atoms with Crippen LogP contribution in [0.2, 0.25) is 0 Å². The topological polar surface area (TPSA) is 63.8 Å². The zero-order valence-electron chi connectivity index (χ0n) is 11.2. The summed E-state index contributed by atoms with van der Waals surface area (Å²) in [5, 5.41) is 5.49. The molecule has 0 bridgehead atoms. The predicted molar refractivity (Wildman–Crippen MR) is 83.8 cm³/mol. The highest BCUT2D eigenvalue weighted by Crippen LogP contribution is 2.27. The Balaban J connectivity index is 1.84. The van der Waals surface area contributed by atoms with Crippen LogP contribution in [0.25, 0.3) is 10.2 Å². The van der Waals surface area contributed by atoms with Crippen molar-refractivity contribution in [1.82, 2.24) is 9.97 Å². The Morgan fingerprint density at radius 2 is 2.00 bits per heavy atom. The lowest BCUT2D eigenvalue weighted by Gasteiger charge is -2.15. The summed E-state index contributed by atoms with van der Waals surface area (Å²) >= 11 is 1.65. The highest BCUT2D eigenvalue weighted by molar-refractivity contribution is 7.17. The van der Waals surface area contributed by atoms with Crippen molar-refractivity contribution in [3.05, 3.63) is 53.2 Å². The molecule has 3 aromatic rings. The normalized spacial score (nSPS) is 12.5. The van der Waals surface area contributed by atoms with Crippen molar-refractivity contribution in [3.8, 4) is 0 Å². The predicted octanol–water partition coefficient (Wildman–Crippen LogP) is 3.32. The van der Waals surface area contributed by atoms with E-state index < -0.39 is 0 Å². The molecule has 0 radical (unpaired) electrons. The number of hydrogen-bond acceptors (Lipinski definition) is 5. The molecule has 5 heteroatoms. The van der Waals surface area contributed by atoms with E-state index >= 15 is 0 Å². The molecule has 2 heterocycles. The molecule has 3 N–H and O–H groups in total. The van der Waals surface area contributed by atoms with Crippen molar-refractivity contribution in [2.75, 3.05) is 5.32 Å². The summed E-state index contributed by atoms with van der Waals surface area (Å²) in [5.41, 5.74) is 8.96. The van der Waals surface area contributed by atoms with Gasteiger partial charge in [-0.25, -0.2) is 9.97 Å². The molecule has 1 atom stereocenters. The summed E-state index contributed by atoms with van der Waals surface area (Å²) in [6, 6.07) is 10.5. The van der Waals surface area contributed by atoms with Crippen LogP contribution in [0.4, 0.5) is 5.82 Å². The number of thiophene rings is 1. The third-order valence-electron chi connectivity index (χ3n) is 3.31. The van der Waals surface area contributed by atoms with Crippen molar-refractivity contribution in [1.29, 1.82) is 0 Å². The zero-order chi connectivity index (χ0) is 13.9. The number of aromatic nitrogens is 2. The van der Waals surface area contributed by atoms with E-state index in [0.717, 1.165) is 21.6 Å². The van der Waals surface area contributed by atoms with E-state index in [1.165, 1.54) is 5.56 Å². The zero-order valence-corrected chi connectivity index (χ0v) is 12.0. The van der Waals surface area contributed by atoms with E-state index in [4.69, 9.17) is 5.73 Å². The smallest absolute Gasteiger partial charge is 0.147 e. The second-order valence-electron chi connectivity index (χ2n) is 4.67. The summed E-state index contributed by atoms with van der Waals surface area (Å²) in [6.07, 6.45) is 1.60. The first-order valence-corrected chi connectivity index (χ1v) is 7.39. The van der Waals surface area contributed by atoms with Gasteiger partial charge < -0.3 is 11.1 Å². The fraction of sp³-hybridized carbons (Fsp3) is 0.200. The minimum absolute atomic E-state index is 0.182. The van der Waals surface area contributed by atoms with E-state index in [1.54, 1.807) is 17.7 Å². The van der Waals surface area contributed by atoms with Crippen molar-refractivity contribution in [2.45, 2.75) is 19.5 Å². The molecule has 102 valence electrons. The maximum atomic E-state index is 5.62. The Morgan fingerprint density at radius 3 is 2.75 bits per heavy atom. The Bertz CT molecular complexity index is 705. The van der Waals surface area contributed by atoms with Crippen LogP contribution in [-0.2, 0) is 6.54 Å². The molecule has 0 fully saturated rings. The van der Waals surface area contributed by atoms with Gasteiger partial charge in [-0.3, -0.25) is 0 Å². The number of fused-ring (bicyclic) bond motifs is 1. The number of nitrogens with zero attached hydrogens (tertiary/aromatic N) is 2. The summed E-state index contributed by atoms with van der Waals surface area (Å²) in [5.74, 6) is 0.889. The van der Waals surface area contributed by atoms with Crippen molar-refractivity contribution in [3.63, 3.8) is 0 Å². The Morgan fingerprint density at radius 1 is 1.20 bits per heavy atom. The van der Waals surface area contributed by atoms with Crippen LogP contribution in [0.3, 0.4) is 0 Å². The van der Waals surface area contributed by atoms with Crippen LogP contribution < -0.4 is 11.1 Å². The van der Waals surface area contributed by atoms with Gasteiger partial charge in [-0.2, -0.15) is 0 Å². The highest BCUT2D eigenvalue weighted by Gasteiger charge is 2.10. The molecule has 0 saturated heterocycles. The van der Waals surface area contributed by atoms with Crippen LogP contribution in [0.1, 0.15) is 24.1 Å². The average Bonchev–Trinajstić information content (AvgIpc) is 2.97. The maximum absolute atomic E-state index is 5.62. The molecule has 1 aromatic carbocycles. The lowest BCUT2D eigenvalue weighted by Crippen LogP contribution is -2.08. The minimum atomic E-state index is 0.182. The molecule has 4 nitrogen and oxygen atoms in total. The molecule has 2 aromatic heterocycles. The monoisotopic (exact) mass is 284 g/mol. The first kappa shape index (κ1) is 13.0. The van der Waals surface area contributed by atoms with Gasteiger partial charge in [0.1, 0.15) is 12.1 Å². The Hall–Kier alpha value is -1.98. The largest absolute Gasteiger partial charge is 0.362 e. The van der Waals surface area contributed by atoms with Crippen molar-refractivity contribution >= 4 is 27.4 Å². The lowest BCUT2D eigenvalue weighted by atomic mass is 10.1. The lowest BCUT2D eigenvalue weighted by molar-refractivity contribution is 0.874. The van der Waals surface area contributed by atoms with Crippen LogP contribution >= 0.6 is 11.3 Å². The van der Waals surface area contributed by atoms with Gasteiger partial charge in [-0.1, -0.05) is 24.3 Å². The van der Waals surface area contributed by atoms with E-state index in [-0.39, 0.29) is 6.04 Å². The number of rotatable bonds is 4. The fourth-order valence-corrected chi connectivity index (χ4v) is 2.92. The van der Waals surface area contributed by atoms with Gasteiger partial charge in [0.2, 0.25) is 0 Å². The molecule has 0 saturated carbocycles. The number of anilines is 1. The van der Waals surface area contributed by atoms with Crippen LogP contribution in [0.5, 0.6) is 0 Å². The number of benzene rings is 1. The molecule has 3 rings (SSSR count). The Kier molecular flexibility index (Phi) is 3.62. The second kappa shape index (κ2) is 5.56. The van der Waals surface area contributed by atoms with Gasteiger partial charge in [-0.15, -0.1) is 11.3 Å². The van der Waals surface area contributed by atoms with Gasteiger partial charge in [-0.05, 0) is 29.5 Å². The van der Waals surface area contributed by atoms with E-state index in [2.05, 4.69) is 46.5 Å². The second-order valence-corrected chi connectivity index (χ2v) is 5.59. The van der Waals surface area contributed by atoms with Crippen LogP contribution in [0, 0.1) is 0 Å². The van der Waals surface area contributed by atoms with Crippen molar-refractivity contribution < 1.29 is 0 Å². The third-order valence-corrected chi connectivity index (χ3v) is 4.22. The highest BCUT2D eigenvalue weighted by atomic mass is 32.1.